The zero-order chi connectivity index (χ0) is 21.0. The monoisotopic (exact) mass is 395 g/mol. The quantitative estimate of drug-likeness (QED) is 0.597. The molecule has 4 amide bonds. The van der Waals surface area contributed by atoms with Crippen molar-refractivity contribution in [3.05, 3.63) is 71.8 Å². The Labute approximate surface area is 170 Å². The second-order valence-corrected chi connectivity index (χ2v) is 7.66. The molecule has 2 aromatic rings. The summed E-state index contributed by atoms with van der Waals surface area (Å²) < 4.78 is 0. The molecule has 0 aromatic heterocycles. The minimum absolute atomic E-state index is 0.0378. The predicted molar refractivity (Wildman–Crippen MR) is 109 cm³/mol. The highest BCUT2D eigenvalue weighted by Crippen LogP contribution is 2.35. The molecule has 7 heteroatoms. The van der Waals surface area contributed by atoms with Crippen molar-refractivity contribution >= 4 is 17.8 Å². The van der Waals surface area contributed by atoms with Gasteiger partial charge < -0.3 is 15.5 Å². The zero-order valence-electron chi connectivity index (χ0n) is 16.9. The summed E-state index contributed by atoms with van der Waals surface area (Å²) in [5, 5.41) is 5.74. The Morgan fingerprint density at radius 1 is 1.03 bits per heavy atom. The van der Waals surface area contributed by atoms with Crippen LogP contribution < -0.4 is 15.5 Å². The summed E-state index contributed by atoms with van der Waals surface area (Å²) in [5.74, 6) is -0.467. The van der Waals surface area contributed by atoms with Gasteiger partial charge in [-0.3, -0.25) is 9.59 Å². The molecule has 0 bridgehead atoms. The van der Waals surface area contributed by atoms with Gasteiger partial charge in [0.2, 0.25) is 0 Å². The fraction of sp³-hybridized carbons (Fsp3) is 0.318. The van der Waals surface area contributed by atoms with E-state index in [1.165, 1.54) is 4.90 Å². The molecule has 1 atom stereocenters. The summed E-state index contributed by atoms with van der Waals surface area (Å²) in [6.45, 7) is 4.04. The van der Waals surface area contributed by atoms with Crippen molar-refractivity contribution in [2.24, 2.45) is 0 Å². The minimum atomic E-state index is -1.28. The standard InChI is InChI=1S/C22H26N4O3/c1-16(2)23-19(27)14-25(3)15-26-20(28)22(24-21(26)29,17-10-6-4-7-11-17)18-12-8-5-9-13-18/h4-13,16H,14-15H2,1-3H3,(H,23,27)(H,24,29)/p+1. The maximum atomic E-state index is 13.6. The second kappa shape index (κ2) is 8.45. The van der Waals surface area contributed by atoms with Gasteiger partial charge in [0, 0.05) is 6.04 Å². The number of nitrogens with one attached hydrogen (secondary N) is 3. The SMILES string of the molecule is CC(C)NC(=O)C[NH+](C)CN1C(=O)NC(c2ccccc2)(c2ccccc2)C1=O. The van der Waals surface area contributed by atoms with Gasteiger partial charge in [-0.05, 0) is 25.0 Å². The van der Waals surface area contributed by atoms with Crippen molar-refractivity contribution in [3.8, 4) is 0 Å². The summed E-state index contributed by atoms with van der Waals surface area (Å²) in [4.78, 5) is 40.4. The molecule has 2 aromatic carbocycles. The highest BCUT2D eigenvalue weighted by Gasteiger charge is 2.54. The lowest BCUT2D eigenvalue weighted by molar-refractivity contribution is -0.879. The molecule has 3 N–H and O–H groups in total. The summed E-state index contributed by atoms with van der Waals surface area (Å²) >= 11 is 0. The average molecular weight is 395 g/mol. The van der Waals surface area contributed by atoms with Crippen LogP contribution >= 0.6 is 0 Å². The number of amides is 4. The lowest BCUT2D eigenvalue weighted by Crippen LogP contribution is -3.12. The number of rotatable bonds is 7. The fourth-order valence-corrected chi connectivity index (χ4v) is 3.63. The molecule has 1 aliphatic rings. The first-order valence-corrected chi connectivity index (χ1v) is 9.70. The molecule has 1 saturated heterocycles. The summed E-state index contributed by atoms with van der Waals surface area (Å²) in [7, 11) is 1.78. The van der Waals surface area contributed by atoms with Crippen molar-refractivity contribution in [1.29, 1.82) is 0 Å². The maximum Gasteiger partial charge on any atom is 0.330 e. The molecule has 3 rings (SSSR count). The van der Waals surface area contributed by atoms with Crippen LogP contribution in [0.2, 0.25) is 0 Å². The summed E-state index contributed by atoms with van der Waals surface area (Å²) in [5.41, 5.74) is 0.115. The smallest absolute Gasteiger partial charge is 0.330 e. The number of carbonyl (C=O) groups is 3. The van der Waals surface area contributed by atoms with E-state index in [1.54, 1.807) is 7.05 Å². The number of urea groups is 1. The van der Waals surface area contributed by atoms with Gasteiger partial charge in [0.25, 0.3) is 11.8 Å². The molecule has 1 unspecified atom stereocenters. The Morgan fingerprint density at radius 2 is 1.55 bits per heavy atom. The molecule has 0 aliphatic carbocycles. The predicted octanol–water partition coefficient (Wildman–Crippen LogP) is 0.479. The molecule has 152 valence electrons. The van der Waals surface area contributed by atoms with Gasteiger partial charge in [-0.1, -0.05) is 60.7 Å². The van der Waals surface area contributed by atoms with Crippen molar-refractivity contribution in [3.63, 3.8) is 0 Å². The van der Waals surface area contributed by atoms with Gasteiger partial charge in [0.1, 0.15) is 0 Å². The molecular weight excluding hydrogens is 368 g/mol. The number of benzene rings is 2. The topological polar surface area (TPSA) is 82.9 Å². The first-order chi connectivity index (χ1) is 13.8. The van der Waals surface area contributed by atoms with E-state index in [1.807, 2.05) is 74.5 Å². The van der Waals surface area contributed by atoms with Crippen molar-refractivity contribution in [2.45, 2.75) is 25.4 Å². The van der Waals surface area contributed by atoms with Gasteiger partial charge in [0.05, 0.1) is 7.05 Å². The Balaban J connectivity index is 1.89. The van der Waals surface area contributed by atoms with Crippen LogP contribution in [0.3, 0.4) is 0 Å². The molecular formula is C22H27N4O3+. The first kappa shape index (κ1) is 20.5. The van der Waals surface area contributed by atoms with E-state index in [0.29, 0.717) is 11.1 Å². The number of carbonyl (C=O) groups excluding carboxylic acids is 3. The van der Waals surface area contributed by atoms with E-state index < -0.39 is 11.6 Å². The second-order valence-electron chi connectivity index (χ2n) is 7.66. The van der Waals surface area contributed by atoms with Crippen molar-refractivity contribution in [1.82, 2.24) is 15.5 Å². The van der Waals surface area contributed by atoms with Gasteiger partial charge in [0.15, 0.2) is 18.8 Å². The van der Waals surface area contributed by atoms with E-state index in [-0.39, 0.29) is 31.1 Å². The number of likely N-dealkylation sites (N-methyl/N-ethyl adjacent to an activating group) is 1. The molecule has 7 nitrogen and oxygen atoms in total. The third kappa shape index (κ3) is 4.14. The Morgan fingerprint density at radius 3 is 2.03 bits per heavy atom. The Kier molecular flexibility index (Phi) is 5.98. The van der Waals surface area contributed by atoms with Crippen LogP contribution in [0.4, 0.5) is 4.79 Å². The van der Waals surface area contributed by atoms with Crippen molar-refractivity contribution in [2.75, 3.05) is 20.3 Å². The van der Waals surface area contributed by atoms with E-state index >= 15 is 0 Å². The molecule has 1 aliphatic heterocycles. The number of imide groups is 1. The van der Waals surface area contributed by atoms with Crippen LogP contribution in [-0.4, -0.2) is 49.0 Å². The normalized spacial score (nSPS) is 16.6. The Bertz CT molecular complexity index is 844. The number of nitrogens with zero attached hydrogens (tertiary/aromatic N) is 1. The molecule has 1 fully saturated rings. The molecule has 0 saturated carbocycles. The highest BCUT2D eigenvalue weighted by atomic mass is 16.2. The number of hydrogen-bond donors (Lipinski definition) is 3. The van der Waals surface area contributed by atoms with Gasteiger partial charge in [-0.25, -0.2) is 9.69 Å². The van der Waals surface area contributed by atoms with Gasteiger partial charge >= 0.3 is 6.03 Å². The van der Waals surface area contributed by atoms with E-state index in [2.05, 4.69) is 10.6 Å². The maximum absolute atomic E-state index is 13.6. The number of hydrogen-bond acceptors (Lipinski definition) is 3. The molecule has 0 spiro atoms. The third-order valence-electron chi connectivity index (χ3n) is 4.86. The van der Waals surface area contributed by atoms with Gasteiger partial charge in [-0.2, -0.15) is 0 Å². The van der Waals surface area contributed by atoms with Crippen LogP contribution in [0.1, 0.15) is 25.0 Å². The minimum Gasteiger partial charge on any atom is -0.349 e. The summed E-state index contributed by atoms with van der Waals surface area (Å²) in [6, 6.07) is 18.0. The third-order valence-corrected chi connectivity index (χ3v) is 4.86. The van der Waals surface area contributed by atoms with E-state index in [4.69, 9.17) is 0 Å². The lowest BCUT2D eigenvalue weighted by atomic mass is 9.83. The van der Waals surface area contributed by atoms with E-state index in [0.717, 1.165) is 4.90 Å². The summed E-state index contributed by atoms with van der Waals surface area (Å²) in [6.07, 6.45) is 0. The van der Waals surface area contributed by atoms with Crippen molar-refractivity contribution < 1.29 is 19.3 Å². The van der Waals surface area contributed by atoms with Gasteiger partial charge in [-0.15, -0.1) is 0 Å². The molecule has 0 radical (unpaired) electrons. The molecule has 29 heavy (non-hydrogen) atoms. The molecule has 1 heterocycles. The van der Waals surface area contributed by atoms with Crippen LogP contribution in [0.5, 0.6) is 0 Å². The van der Waals surface area contributed by atoms with Crippen LogP contribution in [0, 0.1) is 0 Å². The largest absolute Gasteiger partial charge is 0.349 e. The fourth-order valence-electron chi connectivity index (χ4n) is 3.63. The highest BCUT2D eigenvalue weighted by molar-refractivity contribution is 6.09. The number of quaternary nitrogens is 1. The first-order valence-electron chi connectivity index (χ1n) is 9.70. The van der Waals surface area contributed by atoms with Crippen LogP contribution in [0.15, 0.2) is 60.7 Å². The average Bonchev–Trinajstić information content (AvgIpc) is 2.94. The Hall–Kier alpha value is -3.19. The zero-order valence-corrected chi connectivity index (χ0v) is 16.9. The van der Waals surface area contributed by atoms with Crippen LogP contribution in [0.25, 0.3) is 0 Å². The van der Waals surface area contributed by atoms with E-state index in [9.17, 15) is 14.4 Å². The lowest BCUT2D eigenvalue weighted by Gasteiger charge is -2.28. The van der Waals surface area contributed by atoms with Crippen LogP contribution in [-0.2, 0) is 15.1 Å².